The summed E-state index contributed by atoms with van der Waals surface area (Å²) in [5.74, 6) is -1.42. The smallest absolute Gasteiger partial charge is 0.302 e. The molecule has 0 aliphatic rings. The molecule has 1 atom stereocenters. The quantitative estimate of drug-likeness (QED) is 0.416. The minimum Gasteiger partial charge on any atom is -0.493 e. The van der Waals surface area contributed by atoms with Crippen LogP contribution in [0.2, 0.25) is 0 Å². The number of aryl methyl sites for hydroxylation is 1. The number of aromatic nitrogens is 3. The van der Waals surface area contributed by atoms with Crippen molar-refractivity contribution in [1.29, 1.82) is 0 Å². The van der Waals surface area contributed by atoms with Crippen molar-refractivity contribution in [3.63, 3.8) is 0 Å². The number of ether oxygens (including phenoxy) is 3. The topological polar surface area (TPSA) is 98.6 Å². The number of halogens is 2. The molecule has 2 aromatic heterocycles. The maximum absolute atomic E-state index is 14.7. The van der Waals surface area contributed by atoms with Crippen LogP contribution in [-0.2, 0) is 10.7 Å². The lowest BCUT2D eigenvalue weighted by Crippen LogP contribution is -2.40. The van der Waals surface area contributed by atoms with Crippen molar-refractivity contribution in [2.75, 3.05) is 32.8 Å². The highest BCUT2D eigenvalue weighted by Crippen LogP contribution is 2.39. The number of alkyl halides is 2. The first-order valence-corrected chi connectivity index (χ1v) is 10.8. The summed E-state index contributed by atoms with van der Waals surface area (Å²) in [5, 5.41) is 13.9. The summed E-state index contributed by atoms with van der Waals surface area (Å²) < 4.78 is 45.6. The molecule has 3 rings (SSSR count). The minimum atomic E-state index is -3.47. The van der Waals surface area contributed by atoms with Crippen LogP contribution < -0.4 is 14.8 Å². The van der Waals surface area contributed by atoms with Crippen molar-refractivity contribution in [3.8, 4) is 11.5 Å². The Hall–Kier alpha value is -3.11. The van der Waals surface area contributed by atoms with E-state index in [2.05, 4.69) is 20.3 Å². The van der Waals surface area contributed by atoms with Gasteiger partial charge in [-0.05, 0) is 45.4 Å². The summed E-state index contributed by atoms with van der Waals surface area (Å²) in [7, 11) is 3.13. The number of methoxy groups -OCH3 is 2. The number of rotatable bonds is 10. The van der Waals surface area contributed by atoms with Crippen LogP contribution in [0.25, 0.3) is 10.9 Å². The van der Waals surface area contributed by atoms with Gasteiger partial charge in [0.25, 0.3) is 0 Å². The van der Waals surface area contributed by atoms with Gasteiger partial charge in [0.1, 0.15) is 23.9 Å². The molecule has 0 fully saturated rings. The predicted octanol–water partition coefficient (Wildman–Crippen LogP) is 4.40. The molecular weight excluding hydrogens is 446 g/mol. The molecule has 0 aliphatic heterocycles. The Balaban J connectivity index is 1.98. The number of fused-ring (bicyclic) bond motifs is 1. The van der Waals surface area contributed by atoms with E-state index in [1.54, 1.807) is 33.3 Å². The standard InChI is InChI=1S/C24H30F2N4O4/c1-14(16-9-17(13-27-12-16)24(25,26)23(3,4)31)28-22-18-10-21(34-8-7-32-5)20(33-6)11-19(18)29-15(2)30-22/h9-14,31H,7-8H2,1-6H3,(H,28,29,30)/t14-/m1/s1. The van der Waals surface area contributed by atoms with Crippen molar-refractivity contribution >= 4 is 16.7 Å². The van der Waals surface area contributed by atoms with Crippen LogP contribution in [0.15, 0.2) is 30.6 Å². The number of benzene rings is 1. The van der Waals surface area contributed by atoms with E-state index in [1.165, 1.54) is 12.3 Å². The number of pyridine rings is 1. The SMILES string of the molecule is COCCOc1cc2c(N[C@H](C)c3cncc(C(F)(F)C(C)(C)O)c3)nc(C)nc2cc1OC. The fraction of sp³-hybridized carbons (Fsp3) is 0.458. The van der Waals surface area contributed by atoms with Gasteiger partial charge in [-0.25, -0.2) is 9.97 Å². The summed E-state index contributed by atoms with van der Waals surface area (Å²) >= 11 is 0. The summed E-state index contributed by atoms with van der Waals surface area (Å²) in [6.07, 6.45) is 2.56. The Morgan fingerprint density at radius 3 is 2.44 bits per heavy atom. The van der Waals surface area contributed by atoms with E-state index in [-0.39, 0.29) is 5.56 Å². The number of nitrogens with zero attached hydrogens (tertiary/aromatic N) is 3. The van der Waals surface area contributed by atoms with Crippen LogP contribution in [0.5, 0.6) is 11.5 Å². The van der Waals surface area contributed by atoms with Crippen LogP contribution in [0.4, 0.5) is 14.6 Å². The van der Waals surface area contributed by atoms with Crippen LogP contribution >= 0.6 is 0 Å². The maximum atomic E-state index is 14.7. The molecule has 0 unspecified atom stereocenters. The van der Waals surface area contributed by atoms with E-state index in [0.717, 1.165) is 20.0 Å². The molecule has 2 heterocycles. The number of hydrogen-bond donors (Lipinski definition) is 2. The molecule has 0 amide bonds. The van der Waals surface area contributed by atoms with Crippen molar-refractivity contribution in [1.82, 2.24) is 15.0 Å². The maximum Gasteiger partial charge on any atom is 0.302 e. The first-order chi connectivity index (χ1) is 16.0. The van der Waals surface area contributed by atoms with E-state index in [1.807, 2.05) is 6.92 Å². The third kappa shape index (κ3) is 5.34. The van der Waals surface area contributed by atoms with E-state index >= 15 is 0 Å². The first-order valence-electron chi connectivity index (χ1n) is 10.8. The summed E-state index contributed by atoms with van der Waals surface area (Å²) in [6.45, 7) is 6.45. The number of nitrogens with one attached hydrogen (secondary N) is 1. The third-order valence-electron chi connectivity index (χ3n) is 5.38. The van der Waals surface area contributed by atoms with Gasteiger partial charge in [-0.2, -0.15) is 8.78 Å². The van der Waals surface area contributed by atoms with Crippen molar-refractivity contribution in [2.45, 2.75) is 45.3 Å². The van der Waals surface area contributed by atoms with Gasteiger partial charge in [-0.1, -0.05) is 0 Å². The Morgan fingerprint density at radius 2 is 1.79 bits per heavy atom. The zero-order valence-electron chi connectivity index (χ0n) is 20.1. The number of anilines is 1. The van der Waals surface area contributed by atoms with Gasteiger partial charge in [0, 0.05) is 36.5 Å². The molecule has 8 nitrogen and oxygen atoms in total. The molecule has 10 heteroatoms. The molecule has 2 N–H and O–H groups in total. The lowest BCUT2D eigenvalue weighted by atomic mass is 9.93. The van der Waals surface area contributed by atoms with Crippen LogP contribution in [0, 0.1) is 6.92 Å². The second-order valence-corrected chi connectivity index (χ2v) is 8.49. The van der Waals surface area contributed by atoms with Gasteiger partial charge in [0.05, 0.1) is 25.3 Å². The van der Waals surface area contributed by atoms with E-state index in [9.17, 15) is 13.9 Å². The average Bonchev–Trinajstić information content (AvgIpc) is 2.78. The summed E-state index contributed by atoms with van der Waals surface area (Å²) in [5.41, 5.74) is -1.45. The Labute approximate surface area is 197 Å². The monoisotopic (exact) mass is 476 g/mol. The van der Waals surface area contributed by atoms with Crippen molar-refractivity contribution < 1.29 is 28.1 Å². The van der Waals surface area contributed by atoms with Crippen LogP contribution in [0.1, 0.15) is 43.8 Å². The minimum absolute atomic E-state index is 0.331. The van der Waals surface area contributed by atoms with Crippen LogP contribution in [0.3, 0.4) is 0 Å². The van der Waals surface area contributed by atoms with Gasteiger partial charge in [-0.15, -0.1) is 0 Å². The predicted molar refractivity (Wildman–Crippen MR) is 125 cm³/mol. The Bertz CT molecular complexity index is 1150. The largest absolute Gasteiger partial charge is 0.493 e. The average molecular weight is 477 g/mol. The van der Waals surface area contributed by atoms with Gasteiger partial charge in [0.15, 0.2) is 11.5 Å². The highest BCUT2D eigenvalue weighted by Gasteiger charge is 2.47. The second-order valence-electron chi connectivity index (χ2n) is 8.49. The Kier molecular flexibility index (Phi) is 7.52. The normalized spacial score (nSPS) is 13.1. The van der Waals surface area contributed by atoms with Crippen molar-refractivity contribution in [3.05, 3.63) is 47.5 Å². The molecule has 0 radical (unpaired) electrons. The zero-order valence-corrected chi connectivity index (χ0v) is 20.1. The molecular formula is C24H30F2N4O4. The molecule has 34 heavy (non-hydrogen) atoms. The third-order valence-corrected chi connectivity index (χ3v) is 5.38. The molecule has 0 saturated carbocycles. The molecule has 0 bridgehead atoms. The second kappa shape index (κ2) is 10.0. The van der Waals surface area contributed by atoms with Gasteiger partial charge in [0.2, 0.25) is 0 Å². The van der Waals surface area contributed by atoms with E-state index < -0.39 is 17.6 Å². The molecule has 0 spiro atoms. The molecule has 0 saturated heterocycles. The number of aliphatic hydroxyl groups is 1. The first kappa shape index (κ1) is 25.5. The fourth-order valence-electron chi connectivity index (χ4n) is 3.38. The van der Waals surface area contributed by atoms with E-state index in [0.29, 0.717) is 52.8 Å². The van der Waals surface area contributed by atoms with Crippen LogP contribution in [-0.4, -0.2) is 53.1 Å². The lowest BCUT2D eigenvalue weighted by molar-refractivity contribution is -0.168. The van der Waals surface area contributed by atoms with Gasteiger partial charge < -0.3 is 24.6 Å². The molecule has 1 aromatic carbocycles. The summed E-state index contributed by atoms with van der Waals surface area (Å²) in [4.78, 5) is 13.0. The Morgan fingerprint density at radius 1 is 1.06 bits per heavy atom. The van der Waals surface area contributed by atoms with Gasteiger partial charge >= 0.3 is 5.92 Å². The molecule has 184 valence electrons. The highest BCUT2D eigenvalue weighted by atomic mass is 19.3. The van der Waals surface area contributed by atoms with Gasteiger partial charge in [-0.3, -0.25) is 4.98 Å². The highest BCUT2D eigenvalue weighted by molar-refractivity contribution is 5.92. The van der Waals surface area contributed by atoms with Crippen molar-refractivity contribution in [2.24, 2.45) is 0 Å². The zero-order chi connectivity index (χ0) is 25.1. The van der Waals surface area contributed by atoms with E-state index in [4.69, 9.17) is 14.2 Å². The molecule has 0 aliphatic carbocycles. The number of hydrogen-bond acceptors (Lipinski definition) is 8. The summed E-state index contributed by atoms with van der Waals surface area (Å²) in [6, 6.07) is 4.44. The fourth-order valence-corrected chi connectivity index (χ4v) is 3.38. The molecule has 3 aromatic rings. The lowest BCUT2D eigenvalue weighted by Gasteiger charge is -2.29.